The molecule has 1 N–H and O–H groups in total. The normalized spacial score (nSPS) is 23.3. The fourth-order valence-corrected chi connectivity index (χ4v) is 3.10. The van der Waals surface area contributed by atoms with Gasteiger partial charge in [-0.3, -0.25) is 4.79 Å². The number of alkyl carbamates (subject to hydrolysis) is 1. The number of ether oxygens (including phenoxy) is 1. The summed E-state index contributed by atoms with van der Waals surface area (Å²) in [4.78, 5) is 23.7. The van der Waals surface area contributed by atoms with E-state index in [4.69, 9.17) is 27.9 Å². The van der Waals surface area contributed by atoms with Gasteiger partial charge in [-0.1, -0.05) is 29.3 Å². The summed E-state index contributed by atoms with van der Waals surface area (Å²) < 4.78 is 5.25. The minimum Gasteiger partial charge on any atom is -0.444 e. The highest BCUT2D eigenvalue weighted by atomic mass is 35.5. The van der Waals surface area contributed by atoms with E-state index in [1.54, 1.807) is 39.8 Å². The zero-order chi connectivity index (χ0) is 17.4. The molecule has 0 saturated heterocycles. The van der Waals surface area contributed by atoms with E-state index in [-0.39, 0.29) is 11.7 Å². The van der Waals surface area contributed by atoms with Gasteiger partial charge in [0.05, 0.1) is 10.0 Å². The number of Topliss-reactive ketones (excluding diaryl/α,β-unsaturated/α-hetero) is 1. The van der Waals surface area contributed by atoms with Gasteiger partial charge >= 0.3 is 6.09 Å². The Morgan fingerprint density at radius 2 is 1.96 bits per heavy atom. The number of amides is 1. The molecule has 1 aromatic rings. The molecule has 1 aliphatic carbocycles. The van der Waals surface area contributed by atoms with E-state index in [9.17, 15) is 9.59 Å². The van der Waals surface area contributed by atoms with E-state index < -0.39 is 17.1 Å². The number of benzene rings is 1. The Balaban J connectivity index is 2.16. The van der Waals surface area contributed by atoms with Crippen molar-refractivity contribution >= 4 is 35.1 Å². The molecule has 0 radical (unpaired) electrons. The zero-order valence-electron chi connectivity index (χ0n) is 13.7. The summed E-state index contributed by atoms with van der Waals surface area (Å²) in [6, 6.07) is 5.33. The fraction of sp³-hybridized carbons (Fsp3) is 0.529. The largest absolute Gasteiger partial charge is 0.444 e. The third kappa shape index (κ3) is 4.18. The first-order valence-corrected chi connectivity index (χ1v) is 8.23. The lowest BCUT2D eigenvalue weighted by molar-refractivity contribution is -0.118. The molecule has 0 aromatic heterocycles. The van der Waals surface area contributed by atoms with Crippen LogP contribution in [0, 0.1) is 5.92 Å². The van der Waals surface area contributed by atoms with Crippen molar-refractivity contribution in [3.63, 3.8) is 0 Å². The average Bonchev–Trinajstić information content (AvgIpc) is 3.14. The Morgan fingerprint density at radius 3 is 2.43 bits per heavy atom. The molecule has 0 spiro atoms. The summed E-state index contributed by atoms with van der Waals surface area (Å²) in [5.41, 5.74) is -0.0930. The molecule has 1 saturated carbocycles. The molecule has 0 bridgehead atoms. The van der Waals surface area contributed by atoms with Gasteiger partial charge in [0.25, 0.3) is 0 Å². The van der Waals surface area contributed by atoms with Gasteiger partial charge in [-0.2, -0.15) is 0 Å². The Hall–Kier alpha value is -1.26. The minimum absolute atomic E-state index is 0.0991. The zero-order valence-corrected chi connectivity index (χ0v) is 15.2. The summed E-state index contributed by atoms with van der Waals surface area (Å²) in [6.07, 6.45) is 0.182. The Morgan fingerprint density at radius 1 is 1.30 bits per heavy atom. The van der Waals surface area contributed by atoms with E-state index in [2.05, 4.69) is 5.32 Å². The Labute approximate surface area is 146 Å². The van der Waals surface area contributed by atoms with Gasteiger partial charge in [-0.25, -0.2) is 4.79 Å². The van der Waals surface area contributed by atoms with Gasteiger partial charge in [0.15, 0.2) is 0 Å². The highest BCUT2D eigenvalue weighted by Crippen LogP contribution is 2.55. The van der Waals surface area contributed by atoms with Crippen LogP contribution in [0.2, 0.25) is 10.0 Å². The third-order valence-electron chi connectivity index (χ3n) is 4.01. The summed E-state index contributed by atoms with van der Waals surface area (Å²) in [7, 11) is 0. The maximum Gasteiger partial charge on any atom is 0.407 e. The molecule has 23 heavy (non-hydrogen) atoms. The molecular formula is C17H21Cl2NO3. The van der Waals surface area contributed by atoms with Crippen LogP contribution >= 0.6 is 23.2 Å². The molecule has 1 aliphatic rings. The second kappa shape index (κ2) is 6.33. The van der Waals surface area contributed by atoms with Gasteiger partial charge in [0.2, 0.25) is 0 Å². The van der Waals surface area contributed by atoms with Gasteiger partial charge in [0.1, 0.15) is 11.4 Å². The van der Waals surface area contributed by atoms with Crippen LogP contribution in [0.5, 0.6) is 0 Å². The quantitative estimate of drug-likeness (QED) is 0.870. The van der Waals surface area contributed by atoms with Gasteiger partial charge in [-0.15, -0.1) is 0 Å². The van der Waals surface area contributed by atoms with E-state index in [0.29, 0.717) is 23.0 Å². The second-order valence-corrected chi connectivity index (χ2v) is 7.82. The highest BCUT2D eigenvalue weighted by Gasteiger charge is 2.57. The maximum absolute atomic E-state index is 11.9. The van der Waals surface area contributed by atoms with Crippen LogP contribution < -0.4 is 5.32 Å². The average molecular weight is 358 g/mol. The summed E-state index contributed by atoms with van der Waals surface area (Å²) in [5.74, 6) is -0.0308. The van der Waals surface area contributed by atoms with E-state index in [1.807, 2.05) is 6.07 Å². The van der Waals surface area contributed by atoms with Crippen LogP contribution in [0.1, 0.15) is 39.7 Å². The smallest absolute Gasteiger partial charge is 0.407 e. The first-order chi connectivity index (χ1) is 10.5. The molecular weight excluding hydrogens is 337 g/mol. The van der Waals surface area contributed by atoms with E-state index in [0.717, 1.165) is 5.56 Å². The lowest BCUT2D eigenvalue weighted by Crippen LogP contribution is -2.38. The van der Waals surface area contributed by atoms with Crippen LogP contribution in [0.25, 0.3) is 0 Å². The number of carbonyl (C=O) groups is 2. The summed E-state index contributed by atoms with van der Waals surface area (Å²) in [6.45, 7) is 7.30. The maximum atomic E-state index is 11.9. The molecule has 1 fully saturated rings. The van der Waals surface area contributed by atoms with Crippen LogP contribution in [0.4, 0.5) is 4.79 Å². The second-order valence-electron chi connectivity index (χ2n) is 7.01. The predicted molar refractivity (Wildman–Crippen MR) is 91.2 cm³/mol. The topological polar surface area (TPSA) is 55.4 Å². The summed E-state index contributed by atoms with van der Waals surface area (Å²) in [5, 5.41) is 3.67. The number of hydrogen-bond acceptors (Lipinski definition) is 3. The first-order valence-electron chi connectivity index (χ1n) is 7.48. The number of rotatable bonds is 4. The first kappa shape index (κ1) is 18.1. The number of carbonyl (C=O) groups excluding carboxylic acids is 2. The van der Waals surface area contributed by atoms with Crippen LogP contribution in [-0.2, 0) is 14.9 Å². The number of hydrogen-bond donors (Lipinski definition) is 1. The number of halogens is 2. The monoisotopic (exact) mass is 357 g/mol. The lowest BCUT2D eigenvalue weighted by Gasteiger charge is -2.23. The lowest BCUT2D eigenvalue weighted by atomic mass is 9.92. The third-order valence-corrected chi connectivity index (χ3v) is 4.75. The molecule has 126 valence electrons. The van der Waals surface area contributed by atoms with Crippen molar-refractivity contribution in [1.82, 2.24) is 5.32 Å². The molecule has 2 atom stereocenters. The molecule has 0 aliphatic heterocycles. The van der Waals surface area contributed by atoms with Crippen molar-refractivity contribution in [3.8, 4) is 0 Å². The molecule has 4 nitrogen and oxygen atoms in total. The number of ketones is 1. The molecule has 2 rings (SSSR count). The molecule has 1 amide bonds. The van der Waals surface area contributed by atoms with Crippen LogP contribution in [-0.4, -0.2) is 24.0 Å². The van der Waals surface area contributed by atoms with Crippen molar-refractivity contribution in [3.05, 3.63) is 33.8 Å². The highest BCUT2D eigenvalue weighted by molar-refractivity contribution is 6.42. The standard InChI is InChI=1S/C17H21Cl2NO3/c1-10(21)12-8-17(12,9-20-15(22)23-16(2,3)4)11-5-6-13(18)14(19)7-11/h5-7,12H,8-9H2,1-4H3,(H,20,22)/t12?,17-/m0/s1. The van der Waals surface area contributed by atoms with Gasteiger partial charge in [0, 0.05) is 17.9 Å². The van der Waals surface area contributed by atoms with E-state index >= 15 is 0 Å². The predicted octanol–water partition coefficient (Wildman–Crippen LogP) is 4.36. The molecule has 1 unspecified atom stereocenters. The van der Waals surface area contributed by atoms with Crippen molar-refractivity contribution in [2.75, 3.05) is 6.54 Å². The molecule has 6 heteroatoms. The van der Waals surface area contributed by atoms with E-state index in [1.165, 1.54) is 0 Å². The molecule has 1 aromatic carbocycles. The number of nitrogens with one attached hydrogen (secondary N) is 1. The van der Waals surface area contributed by atoms with Gasteiger partial charge < -0.3 is 10.1 Å². The fourth-order valence-electron chi connectivity index (χ4n) is 2.80. The van der Waals surface area contributed by atoms with Crippen LogP contribution in [0.3, 0.4) is 0 Å². The van der Waals surface area contributed by atoms with Crippen molar-refractivity contribution < 1.29 is 14.3 Å². The Bertz CT molecular complexity index is 639. The van der Waals surface area contributed by atoms with Crippen molar-refractivity contribution in [2.24, 2.45) is 5.92 Å². The SMILES string of the molecule is CC(=O)C1C[C@]1(CNC(=O)OC(C)(C)C)c1ccc(Cl)c(Cl)c1. The minimum atomic E-state index is -0.565. The summed E-state index contributed by atoms with van der Waals surface area (Å²) >= 11 is 12.1. The van der Waals surface area contributed by atoms with Crippen molar-refractivity contribution in [2.45, 2.75) is 45.1 Å². The Kier molecular flexibility index (Phi) is 4.97. The van der Waals surface area contributed by atoms with Crippen molar-refractivity contribution in [1.29, 1.82) is 0 Å². The van der Waals surface area contributed by atoms with Gasteiger partial charge in [-0.05, 0) is 51.8 Å². The van der Waals surface area contributed by atoms with Crippen LogP contribution in [0.15, 0.2) is 18.2 Å². The molecule has 0 heterocycles.